The van der Waals surface area contributed by atoms with Crippen LogP contribution in [0.3, 0.4) is 0 Å². The largest absolute Gasteiger partial charge is 0.508 e. The monoisotopic (exact) mass is 283 g/mol. The number of unbranched alkanes of at least 4 members (excludes halogenated alkanes) is 5. The Morgan fingerprint density at radius 3 is 2.58 bits per heavy atom. The first kappa shape index (κ1) is 15.8. The van der Waals surface area contributed by atoms with Crippen molar-refractivity contribution in [2.24, 2.45) is 0 Å². The Balaban J connectivity index is 2.23. The first-order chi connectivity index (χ1) is 9.13. The van der Waals surface area contributed by atoms with Gasteiger partial charge in [0.15, 0.2) is 0 Å². The van der Waals surface area contributed by atoms with Crippen LogP contribution in [-0.2, 0) is 4.79 Å². The maximum Gasteiger partial charge on any atom is 0.224 e. The molecule has 0 saturated heterocycles. The van der Waals surface area contributed by atoms with E-state index in [4.69, 9.17) is 11.6 Å². The van der Waals surface area contributed by atoms with Crippen LogP contribution < -0.4 is 5.32 Å². The zero-order valence-electron chi connectivity index (χ0n) is 11.4. The van der Waals surface area contributed by atoms with E-state index in [1.165, 1.54) is 37.8 Å². The molecule has 0 atom stereocenters. The Bertz CT molecular complexity index is 407. The molecule has 0 aromatic heterocycles. The van der Waals surface area contributed by atoms with Crippen LogP contribution in [0.1, 0.15) is 51.9 Å². The van der Waals surface area contributed by atoms with Crippen molar-refractivity contribution in [2.45, 2.75) is 51.9 Å². The lowest BCUT2D eigenvalue weighted by atomic mass is 10.1. The van der Waals surface area contributed by atoms with Gasteiger partial charge in [-0.15, -0.1) is 0 Å². The van der Waals surface area contributed by atoms with Crippen molar-refractivity contribution in [3.63, 3.8) is 0 Å². The number of phenolic OH excluding ortho intramolecular Hbond substituents is 1. The lowest BCUT2D eigenvalue weighted by molar-refractivity contribution is -0.116. The number of phenols is 1. The highest BCUT2D eigenvalue weighted by molar-refractivity contribution is 6.33. The predicted octanol–water partition coefficient (Wildman–Crippen LogP) is 4.73. The zero-order valence-corrected chi connectivity index (χ0v) is 12.2. The summed E-state index contributed by atoms with van der Waals surface area (Å²) in [6, 6.07) is 4.53. The molecule has 3 nitrogen and oxygen atoms in total. The van der Waals surface area contributed by atoms with E-state index in [0.29, 0.717) is 17.1 Å². The fourth-order valence-electron chi connectivity index (χ4n) is 1.88. The SMILES string of the molecule is CCCCCCCCC(=O)Nc1ccc(O)cc1Cl. The average molecular weight is 284 g/mol. The van der Waals surface area contributed by atoms with Gasteiger partial charge >= 0.3 is 0 Å². The van der Waals surface area contributed by atoms with Gasteiger partial charge in [0, 0.05) is 12.5 Å². The number of aromatic hydroxyl groups is 1. The molecule has 0 saturated carbocycles. The number of carbonyl (C=O) groups is 1. The molecule has 0 aliphatic heterocycles. The van der Waals surface area contributed by atoms with E-state index in [1.807, 2.05) is 0 Å². The maximum atomic E-state index is 11.7. The van der Waals surface area contributed by atoms with Gasteiger partial charge in [0.05, 0.1) is 10.7 Å². The van der Waals surface area contributed by atoms with Gasteiger partial charge in [-0.3, -0.25) is 4.79 Å². The van der Waals surface area contributed by atoms with Gasteiger partial charge in [-0.2, -0.15) is 0 Å². The Morgan fingerprint density at radius 2 is 1.89 bits per heavy atom. The molecule has 0 heterocycles. The summed E-state index contributed by atoms with van der Waals surface area (Å²) in [4.78, 5) is 11.7. The minimum atomic E-state index is -0.0249. The summed E-state index contributed by atoms with van der Waals surface area (Å²) in [5.74, 6) is 0.0713. The van der Waals surface area contributed by atoms with Crippen molar-refractivity contribution < 1.29 is 9.90 Å². The summed E-state index contributed by atoms with van der Waals surface area (Å²) in [7, 11) is 0. The second-order valence-corrected chi connectivity index (χ2v) is 5.14. The third-order valence-electron chi connectivity index (χ3n) is 2.98. The second-order valence-electron chi connectivity index (χ2n) is 4.73. The molecule has 2 N–H and O–H groups in total. The first-order valence-corrected chi connectivity index (χ1v) is 7.29. The van der Waals surface area contributed by atoms with Gasteiger partial charge in [-0.05, 0) is 18.6 Å². The van der Waals surface area contributed by atoms with Crippen molar-refractivity contribution in [3.8, 4) is 5.75 Å². The molecular weight excluding hydrogens is 262 g/mol. The van der Waals surface area contributed by atoms with Crippen LogP contribution in [0.25, 0.3) is 0 Å². The number of anilines is 1. The second kappa shape index (κ2) is 8.81. The lowest BCUT2D eigenvalue weighted by Gasteiger charge is -2.07. The summed E-state index contributed by atoms with van der Waals surface area (Å²) < 4.78 is 0. The van der Waals surface area contributed by atoms with Gasteiger partial charge in [0.2, 0.25) is 5.91 Å². The van der Waals surface area contributed by atoms with E-state index in [1.54, 1.807) is 6.07 Å². The van der Waals surface area contributed by atoms with E-state index in [0.717, 1.165) is 12.8 Å². The van der Waals surface area contributed by atoms with Crippen LogP contribution in [0, 0.1) is 0 Å². The molecule has 1 aromatic rings. The molecule has 106 valence electrons. The minimum absolute atomic E-state index is 0.0249. The van der Waals surface area contributed by atoms with E-state index >= 15 is 0 Å². The van der Waals surface area contributed by atoms with E-state index in [9.17, 15) is 9.90 Å². The average Bonchev–Trinajstić information content (AvgIpc) is 2.37. The number of carbonyl (C=O) groups excluding carboxylic acids is 1. The van der Waals surface area contributed by atoms with Crippen molar-refractivity contribution in [1.82, 2.24) is 0 Å². The van der Waals surface area contributed by atoms with Crippen LogP contribution in [0.4, 0.5) is 5.69 Å². The normalized spacial score (nSPS) is 10.4. The molecule has 1 aromatic carbocycles. The highest BCUT2D eigenvalue weighted by Gasteiger charge is 2.06. The van der Waals surface area contributed by atoms with Crippen molar-refractivity contribution in [3.05, 3.63) is 23.2 Å². The number of hydrogen-bond donors (Lipinski definition) is 2. The van der Waals surface area contributed by atoms with Crippen molar-refractivity contribution in [2.75, 3.05) is 5.32 Å². The molecule has 1 amide bonds. The van der Waals surface area contributed by atoms with Crippen LogP contribution in [0.15, 0.2) is 18.2 Å². The first-order valence-electron chi connectivity index (χ1n) is 6.92. The molecule has 4 heteroatoms. The third-order valence-corrected chi connectivity index (χ3v) is 3.30. The van der Waals surface area contributed by atoms with Gasteiger partial charge in [0.1, 0.15) is 5.75 Å². The molecular formula is C15H22ClNO2. The maximum absolute atomic E-state index is 11.7. The van der Waals surface area contributed by atoms with E-state index in [2.05, 4.69) is 12.2 Å². The van der Waals surface area contributed by atoms with Crippen LogP contribution in [-0.4, -0.2) is 11.0 Å². The van der Waals surface area contributed by atoms with Crippen LogP contribution in [0.5, 0.6) is 5.75 Å². The van der Waals surface area contributed by atoms with E-state index in [-0.39, 0.29) is 11.7 Å². The number of nitrogens with one attached hydrogen (secondary N) is 1. The molecule has 0 unspecified atom stereocenters. The van der Waals surface area contributed by atoms with Crippen LogP contribution in [0.2, 0.25) is 5.02 Å². The fraction of sp³-hybridized carbons (Fsp3) is 0.533. The molecule has 0 radical (unpaired) electrons. The number of benzene rings is 1. The standard InChI is InChI=1S/C15H22ClNO2/c1-2-3-4-5-6-7-8-15(19)17-14-10-9-12(18)11-13(14)16/h9-11,18H,2-8H2,1H3,(H,17,19). The lowest BCUT2D eigenvalue weighted by Crippen LogP contribution is -2.11. The topological polar surface area (TPSA) is 49.3 Å². The molecule has 19 heavy (non-hydrogen) atoms. The quantitative estimate of drug-likeness (QED) is 0.535. The Hall–Kier alpha value is -1.22. The Kier molecular flexibility index (Phi) is 7.34. The highest BCUT2D eigenvalue weighted by Crippen LogP contribution is 2.26. The summed E-state index contributed by atoms with van der Waals surface area (Å²) in [5.41, 5.74) is 0.551. The smallest absolute Gasteiger partial charge is 0.224 e. The summed E-state index contributed by atoms with van der Waals surface area (Å²) in [5, 5.41) is 12.3. The minimum Gasteiger partial charge on any atom is -0.508 e. The van der Waals surface area contributed by atoms with Gasteiger partial charge in [-0.25, -0.2) is 0 Å². The molecule has 0 spiro atoms. The molecule has 0 aliphatic carbocycles. The summed E-state index contributed by atoms with van der Waals surface area (Å²) >= 11 is 5.92. The summed E-state index contributed by atoms with van der Waals surface area (Å²) in [6.07, 6.45) is 7.48. The van der Waals surface area contributed by atoms with Gasteiger partial charge in [0.25, 0.3) is 0 Å². The van der Waals surface area contributed by atoms with Crippen LogP contribution >= 0.6 is 11.6 Å². The van der Waals surface area contributed by atoms with Gasteiger partial charge < -0.3 is 10.4 Å². The predicted molar refractivity (Wildman–Crippen MR) is 79.7 cm³/mol. The Labute approximate surface area is 120 Å². The number of hydrogen-bond acceptors (Lipinski definition) is 2. The molecule has 0 aliphatic rings. The molecule has 1 rings (SSSR count). The summed E-state index contributed by atoms with van der Waals surface area (Å²) in [6.45, 7) is 2.19. The molecule has 0 fully saturated rings. The number of rotatable bonds is 8. The van der Waals surface area contributed by atoms with Gasteiger partial charge in [-0.1, -0.05) is 50.6 Å². The van der Waals surface area contributed by atoms with E-state index < -0.39 is 0 Å². The third kappa shape index (κ3) is 6.48. The number of halogens is 1. The zero-order chi connectivity index (χ0) is 14.1. The Morgan fingerprint density at radius 1 is 1.21 bits per heavy atom. The van der Waals surface area contributed by atoms with Crippen molar-refractivity contribution >= 4 is 23.2 Å². The van der Waals surface area contributed by atoms with Crippen molar-refractivity contribution in [1.29, 1.82) is 0 Å². The fourth-order valence-corrected chi connectivity index (χ4v) is 2.11. The molecule has 0 bridgehead atoms. The number of amides is 1. The highest BCUT2D eigenvalue weighted by atomic mass is 35.5.